The Labute approximate surface area is 278 Å². The van der Waals surface area contributed by atoms with Crippen LogP contribution in [0.4, 0.5) is 5.69 Å². The second-order valence-corrected chi connectivity index (χ2v) is 13.8. The maximum absolute atomic E-state index is 2.76. The first-order valence-electron chi connectivity index (χ1n) is 17.2. The summed E-state index contributed by atoms with van der Waals surface area (Å²) in [5.74, 6) is 0.289. The Morgan fingerprint density at radius 2 is 1.64 bits per heavy atom. The van der Waals surface area contributed by atoms with Crippen LogP contribution < -0.4 is 4.90 Å². The van der Waals surface area contributed by atoms with Gasteiger partial charge in [0.25, 0.3) is 0 Å². The van der Waals surface area contributed by atoms with E-state index in [1.807, 2.05) is 0 Å². The zero-order valence-electron chi connectivity index (χ0n) is 27.2. The first-order chi connectivity index (χ1) is 23.1. The summed E-state index contributed by atoms with van der Waals surface area (Å²) < 4.78 is 2.44. The summed E-state index contributed by atoms with van der Waals surface area (Å²) >= 11 is 0. The third-order valence-electron chi connectivity index (χ3n) is 11.0. The zero-order chi connectivity index (χ0) is 31.5. The van der Waals surface area contributed by atoms with E-state index in [0.29, 0.717) is 12.1 Å². The Balaban J connectivity index is 1.21. The molecule has 2 nitrogen and oxygen atoms in total. The summed E-state index contributed by atoms with van der Waals surface area (Å²) in [6, 6.07) is 32.3. The highest BCUT2D eigenvalue weighted by atomic mass is 15.2. The predicted molar refractivity (Wildman–Crippen MR) is 200 cm³/mol. The fourth-order valence-electron chi connectivity index (χ4n) is 8.79. The standard InChI is InChI=1S/C45H40N2/c1-31-15-11-20-35(29-31)46-40-25-8-7-21-38(40)43-36(22-14-26-41(43)46)32-16-12-17-33(30-32)37-23-13-24-39-44(37)47(34-18-5-3-4-6-19-34)42-27-9-10-28-45(39,42)2/h3-5,7-16,18,20-30,33-34,42H,6,17,19H2,1-2H3. The predicted octanol–water partition coefficient (Wildman–Crippen LogP) is 11.1. The van der Waals surface area contributed by atoms with Gasteiger partial charge in [-0.15, -0.1) is 0 Å². The fourth-order valence-corrected chi connectivity index (χ4v) is 8.79. The number of hydrogen-bond donors (Lipinski definition) is 0. The molecular formula is C45H40N2. The van der Waals surface area contributed by atoms with E-state index < -0.39 is 0 Å². The summed E-state index contributed by atoms with van der Waals surface area (Å²) in [5, 5.41) is 2.62. The van der Waals surface area contributed by atoms with Gasteiger partial charge in [0.2, 0.25) is 0 Å². The molecule has 4 unspecified atom stereocenters. The average Bonchev–Trinajstić information content (AvgIpc) is 3.42. The van der Waals surface area contributed by atoms with Gasteiger partial charge in [-0.2, -0.15) is 0 Å². The van der Waals surface area contributed by atoms with Crippen LogP contribution in [0, 0.1) is 6.92 Å². The first-order valence-corrected chi connectivity index (χ1v) is 17.2. The lowest BCUT2D eigenvalue weighted by Gasteiger charge is -2.39. The van der Waals surface area contributed by atoms with Gasteiger partial charge in [-0.25, -0.2) is 0 Å². The van der Waals surface area contributed by atoms with Crippen LogP contribution in [0.5, 0.6) is 0 Å². The maximum atomic E-state index is 2.76. The van der Waals surface area contributed by atoms with Gasteiger partial charge in [-0.3, -0.25) is 0 Å². The van der Waals surface area contributed by atoms with Crippen LogP contribution >= 0.6 is 0 Å². The number of hydrogen-bond acceptors (Lipinski definition) is 1. The van der Waals surface area contributed by atoms with E-state index in [9.17, 15) is 0 Å². The number of benzene rings is 4. The van der Waals surface area contributed by atoms with Crippen LogP contribution in [0.2, 0.25) is 0 Å². The molecule has 1 aliphatic heterocycles. The van der Waals surface area contributed by atoms with Crippen LogP contribution in [-0.2, 0) is 5.41 Å². The fraction of sp³-hybridized carbons (Fsp3) is 0.200. The van der Waals surface area contributed by atoms with Gasteiger partial charge in [0.05, 0.1) is 17.1 Å². The van der Waals surface area contributed by atoms with Crippen molar-refractivity contribution in [1.29, 1.82) is 0 Å². The third-order valence-corrected chi connectivity index (χ3v) is 11.0. The van der Waals surface area contributed by atoms with Crippen LogP contribution in [0.1, 0.15) is 54.4 Å². The molecule has 9 rings (SSSR count). The molecule has 4 aliphatic rings. The first kappa shape index (κ1) is 28.2. The molecule has 4 aromatic carbocycles. The minimum Gasteiger partial charge on any atom is -0.357 e. The van der Waals surface area contributed by atoms with Crippen LogP contribution in [0.15, 0.2) is 152 Å². The molecule has 0 bridgehead atoms. The van der Waals surface area contributed by atoms with Crippen LogP contribution in [-0.4, -0.2) is 16.7 Å². The van der Waals surface area contributed by atoms with E-state index in [1.54, 1.807) is 0 Å². The number of para-hydroxylation sites is 2. The molecule has 47 heavy (non-hydrogen) atoms. The minimum atomic E-state index is -0.0477. The molecule has 0 saturated heterocycles. The van der Waals surface area contributed by atoms with Gasteiger partial charge >= 0.3 is 0 Å². The molecule has 230 valence electrons. The lowest BCUT2D eigenvalue weighted by atomic mass is 9.75. The van der Waals surface area contributed by atoms with Gasteiger partial charge in [0.1, 0.15) is 0 Å². The van der Waals surface area contributed by atoms with Crippen molar-refractivity contribution in [3.8, 4) is 5.69 Å². The van der Waals surface area contributed by atoms with Crippen molar-refractivity contribution in [3.05, 3.63) is 174 Å². The van der Waals surface area contributed by atoms with Gasteiger partial charge < -0.3 is 9.47 Å². The Morgan fingerprint density at radius 1 is 0.787 bits per heavy atom. The average molecular weight is 609 g/mol. The summed E-state index contributed by atoms with van der Waals surface area (Å²) in [5.41, 5.74) is 11.9. The van der Waals surface area contributed by atoms with Gasteiger partial charge in [0, 0.05) is 39.5 Å². The molecule has 1 aromatic heterocycles. The Kier molecular flexibility index (Phi) is 6.61. The van der Waals surface area contributed by atoms with Crippen molar-refractivity contribution in [2.75, 3.05) is 4.90 Å². The van der Waals surface area contributed by atoms with Gasteiger partial charge in [-0.05, 0) is 85.2 Å². The molecule has 3 aliphatic carbocycles. The number of fused-ring (bicyclic) bond motifs is 6. The minimum absolute atomic E-state index is 0.0477. The summed E-state index contributed by atoms with van der Waals surface area (Å²) in [4.78, 5) is 2.76. The topological polar surface area (TPSA) is 8.17 Å². The highest BCUT2D eigenvalue weighted by molar-refractivity contribution is 6.14. The van der Waals surface area contributed by atoms with E-state index in [2.05, 4.69) is 175 Å². The van der Waals surface area contributed by atoms with E-state index >= 15 is 0 Å². The van der Waals surface area contributed by atoms with Crippen molar-refractivity contribution in [2.24, 2.45) is 0 Å². The van der Waals surface area contributed by atoms with E-state index in [-0.39, 0.29) is 11.3 Å². The molecule has 2 heteroatoms. The largest absolute Gasteiger partial charge is 0.357 e. The van der Waals surface area contributed by atoms with Crippen molar-refractivity contribution in [3.63, 3.8) is 0 Å². The number of aromatic nitrogens is 1. The van der Waals surface area contributed by atoms with E-state index in [1.165, 1.54) is 61.0 Å². The molecule has 4 atom stereocenters. The molecule has 5 aromatic rings. The lowest BCUT2D eigenvalue weighted by molar-refractivity contribution is 0.493. The third kappa shape index (κ3) is 4.38. The second-order valence-electron chi connectivity index (χ2n) is 13.8. The van der Waals surface area contributed by atoms with Crippen molar-refractivity contribution >= 4 is 33.1 Å². The van der Waals surface area contributed by atoms with Gasteiger partial charge in [-0.1, -0.05) is 127 Å². The SMILES string of the molecule is Cc1cccc(-n2c3ccccc3c3c(C4=CC(c5cccc6c5N(C5C=CC=CCC5)C5C=CC=CC65C)CC=C4)cccc32)c1. The number of anilines is 1. The number of aryl methyl sites for hydroxylation is 1. The van der Waals surface area contributed by atoms with E-state index in [0.717, 1.165) is 19.3 Å². The van der Waals surface area contributed by atoms with Crippen molar-refractivity contribution in [1.82, 2.24) is 4.57 Å². The molecule has 0 radical (unpaired) electrons. The molecule has 0 amide bonds. The summed E-state index contributed by atoms with van der Waals surface area (Å²) in [6.45, 7) is 4.61. The maximum Gasteiger partial charge on any atom is 0.0612 e. The van der Waals surface area contributed by atoms with Crippen molar-refractivity contribution < 1.29 is 0 Å². The van der Waals surface area contributed by atoms with Crippen molar-refractivity contribution in [2.45, 2.75) is 56.5 Å². The normalized spacial score (nSPS) is 24.5. The second kappa shape index (κ2) is 11.0. The van der Waals surface area contributed by atoms with Gasteiger partial charge in [0.15, 0.2) is 0 Å². The molecule has 0 N–H and O–H groups in total. The molecule has 0 spiro atoms. The highest BCUT2D eigenvalue weighted by Gasteiger charge is 2.48. The number of allylic oxidation sites excluding steroid dienone is 9. The highest BCUT2D eigenvalue weighted by Crippen LogP contribution is 2.53. The lowest BCUT2D eigenvalue weighted by Crippen LogP contribution is -2.46. The Hall–Kier alpha value is -5.08. The monoisotopic (exact) mass is 608 g/mol. The van der Waals surface area contributed by atoms with Crippen LogP contribution in [0.3, 0.4) is 0 Å². The summed E-state index contributed by atoms with van der Waals surface area (Å²) in [7, 11) is 0. The zero-order valence-corrected chi connectivity index (χ0v) is 27.2. The van der Waals surface area contributed by atoms with Crippen LogP contribution in [0.25, 0.3) is 33.1 Å². The molecule has 0 fully saturated rings. The molecular weight excluding hydrogens is 569 g/mol. The number of nitrogens with zero attached hydrogens (tertiary/aromatic N) is 2. The smallest absolute Gasteiger partial charge is 0.0612 e. The van der Waals surface area contributed by atoms with E-state index in [4.69, 9.17) is 0 Å². The molecule has 0 saturated carbocycles. The Bertz CT molecular complexity index is 2230. The number of rotatable bonds is 4. The quantitative estimate of drug-likeness (QED) is 0.197. The molecule has 2 heterocycles. The Morgan fingerprint density at radius 3 is 2.57 bits per heavy atom. The summed E-state index contributed by atoms with van der Waals surface area (Å²) in [6.07, 6.45) is 29.1.